The molecule has 29 nitrogen and oxygen atoms in total. The van der Waals surface area contributed by atoms with E-state index in [4.69, 9.17) is 75.8 Å². The molecule has 6 saturated heterocycles. The van der Waals surface area contributed by atoms with Gasteiger partial charge < -0.3 is 132 Å². The summed E-state index contributed by atoms with van der Waals surface area (Å²) < 4.78 is 97.4. The molecule has 9 fully saturated rings. The lowest BCUT2D eigenvalue weighted by molar-refractivity contribution is -0.353. The van der Waals surface area contributed by atoms with Crippen molar-refractivity contribution >= 4 is 11.8 Å². The Morgan fingerprint density at radius 1 is 0.543 bits per heavy atom. The summed E-state index contributed by atoms with van der Waals surface area (Å²) in [6.07, 6.45) is -26.2. The number of ketones is 1. The van der Waals surface area contributed by atoms with Gasteiger partial charge in [-0.2, -0.15) is 0 Å². The van der Waals surface area contributed by atoms with Gasteiger partial charge in [-0.15, -0.1) is 0 Å². The van der Waals surface area contributed by atoms with Crippen LogP contribution in [0.2, 0.25) is 0 Å². The van der Waals surface area contributed by atoms with Gasteiger partial charge in [-0.05, 0) is 115 Å². The molecule has 0 amide bonds. The average Bonchev–Trinajstić information content (AvgIpc) is 1.46. The van der Waals surface area contributed by atoms with Gasteiger partial charge in [0, 0.05) is 46.2 Å². The predicted octanol–water partition coefficient (Wildman–Crippen LogP) is -0.948. The third-order valence-corrected chi connectivity index (χ3v) is 22.3. The standard InChI is InChI=1S/C65H104O29/c1-26(2)18-42(68)92-56-28(4)84-43(21-37(56)79-9)93-57-29(5)85-44(22-38(57)80-10)94-58-30(6)86-63(55(78)59(58)81-11)87-32-14-16-64(7)31(19-32)12-13-33-34(64)15-17-65(8)35(33)20-36(45(65)27(3)67)88-62-54(77)51(74)48(71)41(91-62)25-83-61-53(76)50(73)47(70)40(90-61)24-82-60-52(75)49(72)46(69)39(23-66)89-60/h12,18,28-30,32-41,43-63,66,69-78H,13-17,19-25H2,1-11H3/t28-,29-,30-,32+,33-,34+,35+,36-,37+,38+,39-,40-,41-,43+,44+,45+,46-,47-,48-,49+,50+,51+,52-,53-,54-,55-,56-,57-,58-,59-,60-,61-,62-,63+,64+,65+/m1/s1. The number of Topliss-reactive ketones (excluding diaryl/α,β-unsaturated/α-hetero) is 1. The summed E-state index contributed by atoms with van der Waals surface area (Å²) in [6.45, 7) is 13.2. The number of esters is 1. The van der Waals surface area contributed by atoms with Crippen LogP contribution in [0.25, 0.3) is 0 Å². The third kappa shape index (κ3) is 15.0. The van der Waals surface area contributed by atoms with Crippen LogP contribution >= 0.6 is 0 Å². The molecule has 11 N–H and O–H groups in total. The summed E-state index contributed by atoms with van der Waals surface area (Å²) in [7, 11) is 4.65. The van der Waals surface area contributed by atoms with Gasteiger partial charge in [0.2, 0.25) is 0 Å². The lowest BCUT2D eigenvalue weighted by Crippen LogP contribution is -2.63. The summed E-state index contributed by atoms with van der Waals surface area (Å²) >= 11 is 0. The highest BCUT2D eigenvalue weighted by Gasteiger charge is 2.64. The van der Waals surface area contributed by atoms with Gasteiger partial charge in [0.25, 0.3) is 0 Å². The van der Waals surface area contributed by atoms with E-state index in [0.717, 1.165) is 24.8 Å². The highest BCUT2D eigenvalue weighted by atomic mass is 16.8. The molecule has 36 atom stereocenters. The number of carbonyl (C=O) groups is 2. The number of fused-ring (bicyclic) bond motifs is 5. The molecule has 538 valence electrons. The highest BCUT2D eigenvalue weighted by Crippen LogP contribution is 2.67. The quantitative estimate of drug-likeness (QED) is 0.0375. The van der Waals surface area contributed by atoms with Gasteiger partial charge in [0.15, 0.2) is 43.8 Å². The van der Waals surface area contributed by atoms with E-state index in [1.165, 1.54) is 25.7 Å². The molecule has 0 radical (unpaired) electrons. The van der Waals surface area contributed by atoms with Gasteiger partial charge in [-0.1, -0.05) is 31.1 Å². The maximum atomic E-state index is 13.9. The second-order valence-corrected chi connectivity index (χ2v) is 28.5. The van der Waals surface area contributed by atoms with Gasteiger partial charge in [0.1, 0.15) is 110 Å². The van der Waals surface area contributed by atoms with Crippen LogP contribution in [0, 0.1) is 34.5 Å². The Bertz CT molecular complexity index is 2580. The molecule has 4 aliphatic carbocycles. The number of allylic oxidation sites excluding steroid dienone is 2. The zero-order chi connectivity index (χ0) is 68.2. The van der Waals surface area contributed by atoms with Crippen molar-refractivity contribution in [2.45, 2.75) is 297 Å². The first kappa shape index (κ1) is 74.3. The van der Waals surface area contributed by atoms with Crippen molar-refractivity contribution in [2.75, 3.05) is 41.2 Å². The molecule has 0 aromatic rings. The van der Waals surface area contributed by atoms with Crippen LogP contribution in [0.15, 0.2) is 23.3 Å². The summed E-state index contributed by atoms with van der Waals surface area (Å²) in [4.78, 5) is 26.4. The fourth-order valence-electron chi connectivity index (χ4n) is 17.2. The van der Waals surface area contributed by atoms with Crippen LogP contribution in [0.1, 0.15) is 113 Å². The van der Waals surface area contributed by atoms with E-state index in [2.05, 4.69) is 19.9 Å². The number of methoxy groups -OCH3 is 3. The molecule has 6 heterocycles. The van der Waals surface area contributed by atoms with E-state index in [9.17, 15) is 65.8 Å². The summed E-state index contributed by atoms with van der Waals surface area (Å²) in [6, 6.07) is 0. The smallest absolute Gasteiger partial charge is 0.331 e. The Labute approximate surface area is 548 Å². The van der Waals surface area contributed by atoms with Crippen molar-refractivity contribution in [3.8, 4) is 0 Å². The molecule has 94 heavy (non-hydrogen) atoms. The Morgan fingerprint density at radius 2 is 1.06 bits per heavy atom. The monoisotopic (exact) mass is 1350 g/mol. The topological polar surface area (TPSA) is 404 Å². The van der Waals surface area contributed by atoms with E-state index >= 15 is 0 Å². The van der Waals surface area contributed by atoms with Crippen molar-refractivity contribution in [1.82, 2.24) is 0 Å². The SMILES string of the molecule is CO[C@@H]1[C@@H](O)[C@H](O[C@H]2CC[C@@]3(C)C(=CC[C@H]4[C@@H]5C[C@@H](O[C@@H]6O[C@H](CO[C@@H]7O[C@H](CO[C@@H]8O[C@H](CO)[C@@H](O)[C@H](O)[C@H]8O)[C@@H](O)[C@H](O)[C@H]7O)[C@@H](O)[C@H](O)[C@H]6O)[C@H](C(C)=O)[C@@]5(C)CC[C@@H]43)C2)O[C@H](C)[C@H]1O[C@H]1C[C@H](OC)[C@H](O[C@H]2C[C@H](OC)[C@H](OC(=O)C=C(C)C)[C@@H](C)O2)[C@@H](C)O1. The molecular formula is C65H104O29. The van der Waals surface area contributed by atoms with Crippen LogP contribution in [-0.4, -0.2) is 293 Å². The molecule has 0 aromatic carbocycles. The average molecular weight is 1350 g/mol. The number of hydrogen-bond donors (Lipinski definition) is 11. The zero-order valence-corrected chi connectivity index (χ0v) is 55.5. The van der Waals surface area contributed by atoms with Crippen molar-refractivity contribution < 1.29 is 142 Å². The minimum Gasteiger partial charge on any atom is -0.454 e. The van der Waals surface area contributed by atoms with Gasteiger partial charge >= 0.3 is 5.97 Å². The second kappa shape index (κ2) is 30.8. The second-order valence-electron chi connectivity index (χ2n) is 28.5. The van der Waals surface area contributed by atoms with Crippen LogP contribution in [0.4, 0.5) is 0 Å². The molecule has 0 bridgehead atoms. The summed E-state index contributed by atoms with van der Waals surface area (Å²) in [5.74, 6) is -0.788. The van der Waals surface area contributed by atoms with Gasteiger partial charge in [0.05, 0.1) is 56.4 Å². The van der Waals surface area contributed by atoms with Crippen LogP contribution in [-0.2, 0) is 85.4 Å². The van der Waals surface area contributed by atoms with Crippen molar-refractivity contribution in [3.63, 3.8) is 0 Å². The number of hydrogen-bond acceptors (Lipinski definition) is 29. The molecular weight excluding hydrogens is 1240 g/mol. The number of ether oxygens (including phenoxy) is 16. The lowest BCUT2D eigenvalue weighted by Gasteiger charge is -2.58. The van der Waals surface area contributed by atoms with Crippen molar-refractivity contribution in [1.29, 1.82) is 0 Å². The Morgan fingerprint density at radius 3 is 1.63 bits per heavy atom. The molecule has 3 saturated carbocycles. The molecule has 10 aliphatic rings. The van der Waals surface area contributed by atoms with Crippen LogP contribution in [0.3, 0.4) is 0 Å². The first-order valence-electron chi connectivity index (χ1n) is 33.4. The minimum atomic E-state index is -1.87. The van der Waals surface area contributed by atoms with Crippen molar-refractivity contribution in [3.05, 3.63) is 23.3 Å². The Hall–Kier alpha value is -2.42. The Kier molecular flexibility index (Phi) is 24.4. The number of carbonyl (C=O) groups excluding carboxylic acids is 2. The maximum absolute atomic E-state index is 13.9. The fourth-order valence-corrected chi connectivity index (χ4v) is 17.2. The van der Waals surface area contributed by atoms with Gasteiger partial charge in [-0.25, -0.2) is 4.79 Å². The largest absolute Gasteiger partial charge is 0.454 e. The van der Waals surface area contributed by atoms with Crippen LogP contribution < -0.4 is 0 Å². The minimum absolute atomic E-state index is 0.00501. The first-order valence-corrected chi connectivity index (χ1v) is 33.4. The Balaban J connectivity index is 0.727. The fraction of sp³-hybridized carbons (Fsp3) is 0.908. The molecule has 6 aliphatic heterocycles. The summed E-state index contributed by atoms with van der Waals surface area (Å²) in [5, 5.41) is 119. The molecule has 0 unspecified atom stereocenters. The summed E-state index contributed by atoms with van der Waals surface area (Å²) in [5.41, 5.74) is 1.36. The molecule has 29 heteroatoms. The lowest BCUT2D eigenvalue weighted by atomic mass is 9.47. The number of rotatable bonds is 21. The predicted molar refractivity (Wildman–Crippen MR) is 320 cm³/mol. The van der Waals surface area contributed by atoms with Gasteiger partial charge in [-0.3, -0.25) is 4.79 Å². The first-order chi connectivity index (χ1) is 44.5. The van der Waals surface area contributed by atoms with E-state index in [1.54, 1.807) is 21.1 Å². The van der Waals surface area contributed by atoms with E-state index in [-0.39, 0.29) is 41.5 Å². The van der Waals surface area contributed by atoms with Crippen molar-refractivity contribution in [2.24, 2.45) is 34.5 Å². The maximum Gasteiger partial charge on any atom is 0.331 e. The zero-order valence-electron chi connectivity index (χ0n) is 55.5. The van der Waals surface area contributed by atoms with E-state index < -0.39 is 215 Å². The van der Waals surface area contributed by atoms with Crippen LogP contribution in [0.5, 0.6) is 0 Å². The number of aliphatic hydroxyl groups is 11. The normalized spacial score (nSPS) is 50.6. The highest BCUT2D eigenvalue weighted by molar-refractivity contribution is 5.82. The number of aliphatic hydroxyl groups excluding tert-OH is 11. The van der Waals surface area contributed by atoms with E-state index in [0.29, 0.717) is 32.1 Å². The molecule has 0 aromatic heterocycles. The third-order valence-electron chi connectivity index (χ3n) is 22.3. The molecule has 10 rings (SSSR count). The van der Waals surface area contributed by atoms with E-state index in [1.807, 2.05) is 27.7 Å². The molecule has 0 spiro atoms.